The summed E-state index contributed by atoms with van der Waals surface area (Å²) in [6, 6.07) is 2.50. The number of rotatable bonds is 3. The molecule has 0 aliphatic rings. The fourth-order valence-corrected chi connectivity index (χ4v) is 1.83. The van der Waals surface area contributed by atoms with E-state index in [-0.39, 0.29) is 12.2 Å². The van der Waals surface area contributed by atoms with Gasteiger partial charge in [-0.3, -0.25) is 14.8 Å². The van der Waals surface area contributed by atoms with E-state index in [2.05, 4.69) is 10.4 Å². The fourth-order valence-electron chi connectivity index (χ4n) is 1.83. The number of amides is 1. The highest BCUT2D eigenvalue weighted by molar-refractivity contribution is 5.90. The summed E-state index contributed by atoms with van der Waals surface area (Å²) in [4.78, 5) is 22.3. The fraction of sp³-hybridized carbons (Fsp3) is 0.357. The minimum Gasteiger partial charge on any atom is -0.480 e. The lowest BCUT2D eigenvalue weighted by Crippen LogP contribution is -2.27. The standard InChI is InChI=1S/C14H16FN3O4/c1-14(2,3)22-13(21)16-11-4-8-6-18(7-12(19)20)17-10(8)5-9(11)15/h4-6H,7H2,1-3H3,(H,16,21)(H,19,20). The average molecular weight is 309 g/mol. The summed E-state index contributed by atoms with van der Waals surface area (Å²) < 4.78 is 20.2. The minimum atomic E-state index is -1.06. The minimum absolute atomic E-state index is 0.0587. The molecule has 0 bridgehead atoms. The van der Waals surface area contributed by atoms with E-state index in [1.54, 1.807) is 20.8 Å². The van der Waals surface area contributed by atoms with Gasteiger partial charge in [0.05, 0.1) is 11.2 Å². The van der Waals surface area contributed by atoms with Crippen LogP contribution in [0.4, 0.5) is 14.9 Å². The third kappa shape index (κ3) is 3.94. The number of carbonyl (C=O) groups is 2. The van der Waals surface area contributed by atoms with Crippen LogP contribution < -0.4 is 5.32 Å². The summed E-state index contributed by atoms with van der Waals surface area (Å²) >= 11 is 0. The SMILES string of the molecule is CC(C)(C)OC(=O)Nc1cc2cn(CC(=O)O)nc2cc1F. The molecule has 0 aliphatic heterocycles. The Morgan fingerprint density at radius 2 is 2.09 bits per heavy atom. The van der Waals surface area contributed by atoms with Crippen LogP contribution in [0.15, 0.2) is 18.3 Å². The van der Waals surface area contributed by atoms with Gasteiger partial charge >= 0.3 is 12.1 Å². The Morgan fingerprint density at radius 3 is 2.68 bits per heavy atom. The van der Waals surface area contributed by atoms with Crippen LogP contribution in [0, 0.1) is 5.82 Å². The highest BCUT2D eigenvalue weighted by Gasteiger charge is 2.18. The van der Waals surface area contributed by atoms with Crippen LogP contribution in [0.3, 0.4) is 0 Å². The summed E-state index contributed by atoms with van der Waals surface area (Å²) in [6.45, 7) is 4.76. The summed E-state index contributed by atoms with van der Waals surface area (Å²) in [5.41, 5.74) is -0.457. The van der Waals surface area contributed by atoms with Crippen molar-refractivity contribution < 1.29 is 23.8 Å². The third-order valence-electron chi connectivity index (χ3n) is 2.57. The quantitative estimate of drug-likeness (QED) is 0.909. The molecule has 0 saturated carbocycles. The van der Waals surface area contributed by atoms with Gasteiger partial charge in [-0.15, -0.1) is 0 Å². The first-order chi connectivity index (χ1) is 10.1. The van der Waals surface area contributed by atoms with Crippen LogP contribution in [0.2, 0.25) is 0 Å². The molecule has 2 N–H and O–H groups in total. The summed E-state index contributed by atoms with van der Waals surface area (Å²) in [5, 5.41) is 15.5. The van der Waals surface area contributed by atoms with E-state index in [9.17, 15) is 14.0 Å². The van der Waals surface area contributed by atoms with Gasteiger partial charge in [0.2, 0.25) is 0 Å². The number of anilines is 1. The molecule has 1 amide bonds. The molecule has 1 heterocycles. The Balaban J connectivity index is 2.25. The number of carboxylic acids is 1. The van der Waals surface area contributed by atoms with Crippen molar-refractivity contribution in [1.82, 2.24) is 9.78 Å². The van der Waals surface area contributed by atoms with Gasteiger partial charge in [-0.1, -0.05) is 0 Å². The number of halogens is 1. The molecular formula is C14H16FN3O4. The Kier molecular flexibility index (Phi) is 4.03. The van der Waals surface area contributed by atoms with Crippen LogP contribution in [0.25, 0.3) is 10.9 Å². The highest BCUT2D eigenvalue weighted by Crippen LogP contribution is 2.23. The van der Waals surface area contributed by atoms with Gasteiger partial charge in [0.25, 0.3) is 0 Å². The number of fused-ring (bicyclic) bond motifs is 1. The molecule has 0 radical (unpaired) electrons. The number of hydrogen-bond donors (Lipinski definition) is 2. The van der Waals surface area contributed by atoms with E-state index in [4.69, 9.17) is 9.84 Å². The molecule has 0 atom stereocenters. The second-order valence-electron chi connectivity index (χ2n) is 5.74. The second kappa shape index (κ2) is 5.63. The predicted molar refractivity (Wildman–Crippen MR) is 77.2 cm³/mol. The van der Waals surface area contributed by atoms with E-state index in [1.165, 1.54) is 16.9 Å². The molecular weight excluding hydrogens is 293 g/mol. The molecule has 0 unspecified atom stereocenters. The first-order valence-corrected chi connectivity index (χ1v) is 6.52. The van der Waals surface area contributed by atoms with E-state index in [0.29, 0.717) is 10.9 Å². The smallest absolute Gasteiger partial charge is 0.412 e. The van der Waals surface area contributed by atoms with E-state index in [1.807, 2.05) is 0 Å². The molecule has 8 heteroatoms. The number of carboxylic acid groups (broad SMARTS) is 1. The average Bonchev–Trinajstić information content (AvgIpc) is 2.67. The highest BCUT2D eigenvalue weighted by atomic mass is 19.1. The molecule has 118 valence electrons. The number of nitrogens with one attached hydrogen (secondary N) is 1. The lowest BCUT2D eigenvalue weighted by Gasteiger charge is -2.19. The van der Waals surface area contributed by atoms with Gasteiger partial charge in [-0.25, -0.2) is 9.18 Å². The predicted octanol–water partition coefficient (Wildman–Crippen LogP) is 2.61. The zero-order valence-electron chi connectivity index (χ0n) is 12.4. The third-order valence-corrected chi connectivity index (χ3v) is 2.57. The first kappa shape index (κ1) is 15.7. The van der Waals surface area contributed by atoms with Crippen molar-refractivity contribution in [2.24, 2.45) is 0 Å². The van der Waals surface area contributed by atoms with Crippen molar-refractivity contribution in [3.8, 4) is 0 Å². The lowest BCUT2D eigenvalue weighted by atomic mass is 10.2. The molecule has 2 aromatic rings. The molecule has 1 aromatic carbocycles. The van der Waals surface area contributed by atoms with Gasteiger partial charge in [0.15, 0.2) is 0 Å². The molecule has 0 aliphatic carbocycles. The van der Waals surface area contributed by atoms with Crippen molar-refractivity contribution in [3.63, 3.8) is 0 Å². The molecule has 0 spiro atoms. The van der Waals surface area contributed by atoms with Crippen LogP contribution in [-0.4, -0.2) is 32.6 Å². The maximum Gasteiger partial charge on any atom is 0.412 e. The van der Waals surface area contributed by atoms with Crippen molar-refractivity contribution >= 4 is 28.7 Å². The maximum atomic E-state index is 13.9. The normalized spacial score (nSPS) is 11.5. The van der Waals surface area contributed by atoms with E-state index < -0.39 is 23.5 Å². The molecule has 7 nitrogen and oxygen atoms in total. The van der Waals surface area contributed by atoms with Crippen molar-refractivity contribution in [3.05, 3.63) is 24.1 Å². The first-order valence-electron chi connectivity index (χ1n) is 6.52. The number of ether oxygens (including phenoxy) is 1. The summed E-state index contributed by atoms with van der Waals surface area (Å²) in [7, 11) is 0. The topological polar surface area (TPSA) is 93.5 Å². The monoisotopic (exact) mass is 309 g/mol. The number of aromatic nitrogens is 2. The molecule has 2 rings (SSSR count). The van der Waals surface area contributed by atoms with Gasteiger partial charge in [-0.05, 0) is 26.8 Å². The van der Waals surface area contributed by atoms with Crippen molar-refractivity contribution in [2.45, 2.75) is 32.9 Å². The number of carbonyl (C=O) groups excluding carboxylic acids is 1. The van der Waals surface area contributed by atoms with Gasteiger partial charge < -0.3 is 9.84 Å². The number of aliphatic carboxylic acids is 1. The Hall–Kier alpha value is -2.64. The van der Waals surface area contributed by atoms with Crippen LogP contribution in [-0.2, 0) is 16.1 Å². The van der Waals surface area contributed by atoms with Gasteiger partial charge in [0.1, 0.15) is 18.0 Å². The van der Waals surface area contributed by atoms with Crippen LogP contribution in [0.1, 0.15) is 20.8 Å². The lowest BCUT2D eigenvalue weighted by molar-refractivity contribution is -0.137. The van der Waals surface area contributed by atoms with Crippen LogP contribution >= 0.6 is 0 Å². The Labute approximate surface area is 125 Å². The van der Waals surface area contributed by atoms with E-state index in [0.717, 1.165) is 6.07 Å². The van der Waals surface area contributed by atoms with Gasteiger partial charge in [-0.2, -0.15) is 5.10 Å². The number of nitrogens with zero attached hydrogens (tertiary/aromatic N) is 2. The number of benzene rings is 1. The Bertz CT molecular complexity index is 733. The van der Waals surface area contributed by atoms with Gasteiger partial charge in [0, 0.05) is 17.6 Å². The number of hydrogen-bond acceptors (Lipinski definition) is 4. The van der Waals surface area contributed by atoms with Crippen molar-refractivity contribution in [1.29, 1.82) is 0 Å². The Morgan fingerprint density at radius 1 is 1.41 bits per heavy atom. The summed E-state index contributed by atoms with van der Waals surface area (Å²) in [5.74, 6) is -1.74. The van der Waals surface area contributed by atoms with E-state index >= 15 is 0 Å². The summed E-state index contributed by atoms with van der Waals surface area (Å²) in [6.07, 6.45) is 0.687. The van der Waals surface area contributed by atoms with Crippen LogP contribution in [0.5, 0.6) is 0 Å². The zero-order chi connectivity index (χ0) is 16.5. The zero-order valence-corrected chi connectivity index (χ0v) is 12.4. The molecule has 22 heavy (non-hydrogen) atoms. The van der Waals surface area contributed by atoms with Crippen molar-refractivity contribution in [2.75, 3.05) is 5.32 Å². The molecule has 0 saturated heterocycles. The largest absolute Gasteiger partial charge is 0.480 e. The maximum absolute atomic E-state index is 13.9. The molecule has 0 fully saturated rings. The molecule has 1 aromatic heterocycles. The second-order valence-corrected chi connectivity index (χ2v) is 5.74.